The van der Waals surface area contributed by atoms with Crippen LogP contribution in [0.2, 0.25) is 0 Å². The van der Waals surface area contributed by atoms with Gasteiger partial charge in [-0.2, -0.15) is 0 Å². The number of rotatable bonds is 4. The minimum absolute atomic E-state index is 0.172. The van der Waals surface area contributed by atoms with E-state index in [-0.39, 0.29) is 11.8 Å². The Labute approximate surface area is 111 Å². The fourth-order valence-electron chi connectivity index (χ4n) is 2.27. The summed E-state index contributed by atoms with van der Waals surface area (Å²) >= 11 is 1.11. The third-order valence-electron chi connectivity index (χ3n) is 3.38. The van der Waals surface area contributed by atoms with Crippen molar-refractivity contribution in [2.24, 2.45) is 0 Å². The second kappa shape index (κ2) is 5.32. The van der Waals surface area contributed by atoms with Crippen molar-refractivity contribution in [3.8, 4) is 0 Å². The highest BCUT2D eigenvalue weighted by molar-refractivity contribution is 7.08. The number of nitrogens with zero attached hydrogens (tertiary/aromatic N) is 2. The lowest BCUT2D eigenvalue weighted by Gasteiger charge is -2.22. The van der Waals surface area contributed by atoms with E-state index >= 15 is 0 Å². The molecule has 0 bridgehead atoms. The van der Waals surface area contributed by atoms with Crippen LogP contribution in [-0.2, 0) is 0 Å². The van der Waals surface area contributed by atoms with E-state index in [1.54, 1.807) is 0 Å². The molecule has 1 aliphatic rings. The van der Waals surface area contributed by atoms with Gasteiger partial charge < -0.3 is 10.4 Å². The van der Waals surface area contributed by atoms with Crippen molar-refractivity contribution in [1.82, 2.24) is 14.9 Å². The smallest absolute Gasteiger partial charge is 0.265 e. The lowest BCUT2D eigenvalue weighted by atomic mass is 10.0. The topological polar surface area (TPSA) is 75.1 Å². The first kappa shape index (κ1) is 13.4. The third kappa shape index (κ3) is 2.87. The third-order valence-corrected chi connectivity index (χ3v) is 4.12. The largest absolute Gasteiger partial charge is 0.388 e. The molecule has 1 heterocycles. The Morgan fingerprint density at radius 3 is 2.78 bits per heavy atom. The SMILES string of the molecule is CC(C)c1nnsc1C(=O)NCC1(O)CCCC1. The standard InChI is InChI=1S/C12H19N3O2S/c1-8(2)9-10(18-15-14-9)11(16)13-7-12(17)5-3-4-6-12/h8,17H,3-7H2,1-2H3,(H,13,16). The summed E-state index contributed by atoms with van der Waals surface area (Å²) in [4.78, 5) is 12.6. The van der Waals surface area contributed by atoms with Crippen LogP contribution >= 0.6 is 11.5 Å². The van der Waals surface area contributed by atoms with Gasteiger partial charge in [0.15, 0.2) is 0 Å². The Balaban J connectivity index is 1.97. The van der Waals surface area contributed by atoms with Crippen molar-refractivity contribution < 1.29 is 9.90 Å². The van der Waals surface area contributed by atoms with Crippen LogP contribution in [0.25, 0.3) is 0 Å². The highest BCUT2D eigenvalue weighted by Crippen LogP contribution is 2.28. The summed E-state index contributed by atoms with van der Waals surface area (Å²) in [6.07, 6.45) is 3.61. The molecule has 0 aromatic carbocycles. The van der Waals surface area contributed by atoms with Crippen LogP contribution in [-0.4, -0.2) is 32.7 Å². The molecule has 6 heteroatoms. The number of hydrogen-bond acceptors (Lipinski definition) is 5. The average Bonchev–Trinajstić information content (AvgIpc) is 2.95. The zero-order valence-electron chi connectivity index (χ0n) is 10.8. The van der Waals surface area contributed by atoms with Crippen molar-refractivity contribution >= 4 is 17.4 Å². The zero-order valence-corrected chi connectivity index (χ0v) is 11.6. The maximum atomic E-state index is 12.0. The van der Waals surface area contributed by atoms with Crippen LogP contribution in [0.15, 0.2) is 0 Å². The molecule has 0 saturated heterocycles. The second-order valence-electron chi connectivity index (χ2n) is 5.26. The van der Waals surface area contributed by atoms with Crippen molar-refractivity contribution in [2.45, 2.75) is 51.0 Å². The van der Waals surface area contributed by atoms with E-state index in [9.17, 15) is 9.90 Å². The number of carbonyl (C=O) groups excluding carboxylic acids is 1. The number of hydrogen-bond donors (Lipinski definition) is 2. The van der Waals surface area contributed by atoms with Crippen molar-refractivity contribution in [3.63, 3.8) is 0 Å². The van der Waals surface area contributed by atoms with Crippen LogP contribution in [0, 0.1) is 0 Å². The average molecular weight is 269 g/mol. The number of aliphatic hydroxyl groups is 1. The lowest BCUT2D eigenvalue weighted by Crippen LogP contribution is -2.40. The van der Waals surface area contributed by atoms with Crippen molar-refractivity contribution in [2.75, 3.05) is 6.54 Å². The van der Waals surface area contributed by atoms with Crippen LogP contribution in [0.3, 0.4) is 0 Å². The number of nitrogens with one attached hydrogen (secondary N) is 1. The molecule has 2 rings (SSSR count). The second-order valence-corrected chi connectivity index (χ2v) is 6.01. The van der Waals surface area contributed by atoms with Gasteiger partial charge in [-0.25, -0.2) is 0 Å². The minimum Gasteiger partial charge on any atom is -0.388 e. The quantitative estimate of drug-likeness (QED) is 0.872. The number of amides is 1. The van der Waals surface area contributed by atoms with Gasteiger partial charge in [-0.3, -0.25) is 4.79 Å². The molecule has 1 saturated carbocycles. The van der Waals surface area contributed by atoms with Crippen LogP contribution in [0.4, 0.5) is 0 Å². The van der Waals surface area contributed by atoms with Crippen molar-refractivity contribution in [3.05, 3.63) is 10.6 Å². The highest BCUT2D eigenvalue weighted by atomic mass is 32.1. The summed E-state index contributed by atoms with van der Waals surface area (Å²) in [6, 6.07) is 0. The lowest BCUT2D eigenvalue weighted by molar-refractivity contribution is 0.0450. The summed E-state index contributed by atoms with van der Waals surface area (Å²) in [5.74, 6) is 0.00749. The predicted molar refractivity (Wildman–Crippen MR) is 69.7 cm³/mol. The first-order chi connectivity index (χ1) is 8.52. The van der Waals surface area contributed by atoms with Gasteiger partial charge in [0.05, 0.1) is 11.3 Å². The summed E-state index contributed by atoms with van der Waals surface area (Å²) in [5.41, 5.74) is 0.0158. The molecule has 1 aromatic heterocycles. The van der Waals surface area contributed by atoms with Gasteiger partial charge in [0.2, 0.25) is 0 Å². The Morgan fingerprint density at radius 1 is 1.50 bits per heavy atom. The van der Waals surface area contributed by atoms with Crippen LogP contribution < -0.4 is 5.32 Å². The highest BCUT2D eigenvalue weighted by Gasteiger charge is 2.32. The molecular formula is C12H19N3O2S. The molecule has 0 spiro atoms. The molecule has 5 nitrogen and oxygen atoms in total. The van der Waals surface area contributed by atoms with Gasteiger partial charge in [-0.05, 0) is 30.3 Å². The van der Waals surface area contributed by atoms with Gasteiger partial charge in [0, 0.05) is 6.54 Å². The van der Waals surface area contributed by atoms with E-state index in [4.69, 9.17) is 0 Å². The van der Waals surface area contributed by atoms with Gasteiger partial charge >= 0.3 is 0 Å². The molecule has 1 aliphatic carbocycles. The molecule has 0 aliphatic heterocycles. The number of aromatic nitrogens is 2. The fourth-order valence-corrected chi connectivity index (χ4v) is 3.00. The Hall–Kier alpha value is -1.01. The normalized spacial score (nSPS) is 18.2. The Bertz CT molecular complexity index is 425. The van der Waals surface area contributed by atoms with Crippen LogP contribution in [0.5, 0.6) is 0 Å². The maximum absolute atomic E-state index is 12.0. The Kier molecular flexibility index (Phi) is 3.97. The van der Waals surface area contributed by atoms with E-state index in [0.29, 0.717) is 11.4 Å². The minimum atomic E-state index is -0.716. The van der Waals surface area contributed by atoms with E-state index in [0.717, 1.165) is 42.9 Å². The summed E-state index contributed by atoms with van der Waals surface area (Å²) in [5, 5.41) is 17.0. The fraction of sp³-hybridized carbons (Fsp3) is 0.750. The predicted octanol–water partition coefficient (Wildman–Crippen LogP) is 1.70. The van der Waals surface area contributed by atoms with E-state index in [2.05, 4.69) is 14.9 Å². The summed E-state index contributed by atoms with van der Waals surface area (Å²) in [6.45, 7) is 4.29. The molecular weight excluding hydrogens is 250 g/mol. The zero-order chi connectivity index (χ0) is 13.2. The molecule has 0 radical (unpaired) electrons. The van der Waals surface area contributed by atoms with E-state index in [1.165, 1.54) is 0 Å². The first-order valence-corrected chi connectivity index (χ1v) is 7.12. The maximum Gasteiger partial charge on any atom is 0.265 e. The summed E-state index contributed by atoms with van der Waals surface area (Å²) < 4.78 is 3.83. The van der Waals surface area contributed by atoms with Crippen molar-refractivity contribution in [1.29, 1.82) is 0 Å². The molecule has 1 amide bonds. The van der Waals surface area contributed by atoms with Crippen LogP contribution in [0.1, 0.15) is 60.8 Å². The first-order valence-electron chi connectivity index (χ1n) is 6.35. The molecule has 18 heavy (non-hydrogen) atoms. The molecule has 0 unspecified atom stereocenters. The van der Waals surface area contributed by atoms with E-state index < -0.39 is 5.60 Å². The molecule has 1 fully saturated rings. The van der Waals surface area contributed by atoms with Gasteiger partial charge in [0.1, 0.15) is 4.88 Å². The molecule has 0 atom stereocenters. The summed E-state index contributed by atoms with van der Waals surface area (Å²) in [7, 11) is 0. The van der Waals surface area contributed by atoms with Gasteiger partial charge in [-0.15, -0.1) is 5.10 Å². The van der Waals surface area contributed by atoms with Gasteiger partial charge in [0.25, 0.3) is 5.91 Å². The number of carbonyl (C=O) groups is 1. The molecule has 100 valence electrons. The van der Waals surface area contributed by atoms with E-state index in [1.807, 2.05) is 13.8 Å². The molecule has 2 N–H and O–H groups in total. The van der Waals surface area contributed by atoms with Gasteiger partial charge in [-0.1, -0.05) is 31.2 Å². The molecule has 1 aromatic rings. The monoisotopic (exact) mass is 269 g/mol. The Morgan fingerprint density at radius 2 is 2.17 bits per heavy atom.